The van der Waals surface area contributed by atoms with Crippen molar-refractivity contribution in [1.29, 1.82) is 0 Å². The Labute approximate surface area is 142 Å². The molecule has 3 aromatic heterocycles. The van der Waals surface area contributed by atoms with Gasteiger partial charge in [-0.2, -0.15) is 4.68 Å². The van der Waals surface area contributed by atoms with Crippen LogP contribution < -0.4 is 11.3 Å². The Kier molecular flexibility index (Phi) is 3.65. The molecule has 126 valence electrons. The largest absolute Gasteiger partial charge is 0.385 e. The van der Waals surface area contributed by atoms with Gasteiger partial charge in [0.25, 0.3) is 5.56 Å². The first-order chi connectivity index (χ1) is 12.1. The Morgan fingerprint density at radius 1 is 1.20 bits per heavy atom. The van der Waals surface area contributed by atoms with Crippen molar-refractivity contribution in [3.63, 3.8) is 0 Å². The molecular weight excluding hydrogens is 349 g/mol. The van der Waals surface area contributed by atoms with E-state index in [2.05, 4.69) is 30.7 Å². The van der Waals surface area contributed by atoms with E-state index in [1.807, 2.05) is 0 Å². The standard InChI is InChI=1S/C13H10FN9OS/c14-7-1-3-8(4-2-7)23-10(17-20-21-23)6-25-13-19-18-12-16-11(24)5-9(15)22(12)13/h1-5H,6,15H2,(H,16,18,24). The van der Waals surface area contributed by atoms with E-state index in [4.69, 9.17) is 5.73 Å². The molecule has 0 unspecified atom stereocenters. The van der Waals surface area contributed by atoms with Crippen LogP contribution in [-0.2, 0) is 5.75 Å². The molecule has 0 saturated carbocycles. The van der Waals surface area contributed by atoms with E-state index in [1.54, 1.807) is 12.1 Å². The van der Waals surface area contributed by atoms with Gasteiger partial charge >= 0.3 is 0 Å². The average Bonchev–Trinajstić information content (AvgIpc) is 3.20. The highest BCUT2D eigenvalue weighted by Crippen LogP contribution is 2.22. The quantitative estimate of drug-likeness (QED) is 0.501. The molecule has 25 heavy (non-hydrogen) atoms. The topological polar surface area (TPSA) is 133 Å². The number of nitrogens with two attached hydrogens (primary N) is 1. The fourth-order valence-corrected chi connectivity index (χ4v) is 3.09. The highest BCUT2D eigenvalue weighted by atomic mass is 32.2. The molecule has 0 aliphatic rings. The number of benzene rings is 1. The minimum Gasteiger partial charge on any atom is -0.385 e. The van der Waals surface area contributed by atoms with Crippen LogP contribution in [0.15, 0.2) is 40.3 Å². The molecule has 12 heteroatoms. The molecule has 1 aromatic carbocycles. The van der Waals surface area contributed by atoms with E-state index < -0.39 is 0 Å². The van der Waals surface area contributed by atoms with Crippen LogP contribution >= 0.6 is 11.8 Å². The summed E-state index contributed by atoms with van der Waals surface area (Å²) in [7, 11) is 0. The van der Waals surface area contributed by atoms with Crippen molar-refractivity contribution in [3.8, 4) is 5.69 Å². The third kappa shape index (κ3) is 2.82. The third-order valence-electron chi connectivity index (χ3n) is 3.34. The molecular formula is C13H10FN9OS. The lowest BCUT2D eigenvalue weighted by molar-refractivity contribution is 0.626. The van der Waals surface area contributed by atoms with Gasteiger partial charge in [-0.3, -0.25) is 9.78 Å². The van der Waals surface area contributed by atoms with Gasteiger partial charge in [-0.15, -0.1) is 15.3 Å². The van der Waals surface area contributed by atoms with E-state index in [0.29, 0.717) is 22.4 Å². The van der Waals surface area contributed by atoms with Crippen molar-refractivity contribution < 1.29 is 4.39 Å². The van der Waals surface area contributed by atoms with Gasteiger partial charge in [-0.25, -0.2) is 8.79 Å². The average molecular weight is 359 g/mol. The molecule has 4 rings (SSSR count). The van der Waals surface area contributed by atoms with Crippen molar-refractivity contribution >= 4 is 23.4 Å². The predicted octanol–water partition coefficient (Wildman–Crippen LogP) is 0.407. The summed E-state index contributed by atoms with van der Waals surface area (Å²) in [5, 5.41) is 19.9. The van der Waals surface area contributed by atoms with Gasteiger partial charge in [0.05, 0.1) is 11.4 Å². The molecule has 0 aliphatic carbocycles. The number of aromatic amines is 1. The molecule has 0 bridgehead atoms. The van der Waals surface area contributed by atoms with Crippen LogP contribution in [0.5, 0.6) is 0 Å². The number of H-pyrrole nitrogens is 1. The molecule has 0 atom stereocenters. The molecule has 3 N–H and O–H groups in total. The molecule has 0 aliphatic heterocycles. The number of nitrogens with one attached hydrogen (secondary N) is 1. The van der Waals surface area contributed by atoms with Crippen LogP contribution in [0.3, 0.4) is 0 Å². The van der Waals surface area contributed by atoms with Gasteiger partial charge in [-0.1, -0.05) is 11.8 Å². The summed E-state index contributed by atoms with van der Waals surface area (Å²) in [6.45, 7) is 0. The van der Waals surface area contributed by atoms with Crippen molar-refractivity contribution in [2.75, 3.05) is 5.73 Å². The smallest absolute Gasteiger partial charge is 0.254 e. The number of nitrogen functional groups attached to an aromatic ring is 1. The number of aromatic nitrogens is 8. The summed E-state index contributed by atoms with van der Waals surface area (Å²) in [6, 6.07) is 7.07. The van der Waals surface area contributed by atoms with Gasteiger partial charge < -0.3 is 5.73 Å². The summed E-state index contributed by atoms with van der Waals surface area (Å²) >= 11 is 1.30. The first-order valence-electron chi connectivity index (χ1n) is 7.02. The van der Waals surface area contributed by atoms with Gasteiger partial charge in [0.1, 0.15) is 11.6 Å². The van der Waals surface area contributed by atoms with E-state index in [0.717, 1.165) is 0 Å². The highest BCUT2D eigenvalue weighted by Gasteiger charge is 2.14. The van der Waals surface area contributed by atoms with Crippen LogP contribution in [0.1, 0.15) is 5.82 Å². The number of tetrazole rings is 1. The maximum Gasteiger partial charge on any atom is 0.254 e. The van der Waals surface area contributed by atoms with E-state index in [1.165, 1.54) is 39.0 Å². The molecule has 0 amide bonds. The maximum absolute atomic E-state index is 13.1. The number of hydrogen-bond donors (Lipinski definition) is 2. The fourth-order valence-electron chi connectivity index (χ4n) is 2.23. The third-order valence-corrected chi connectivity index (χ3v) is 4.27. The second-order valence-electron chi connectivity index (χ2n) is 4.97. The van der Waals surface area contributed by atoms with E-state index in [-0.39, 0.29) is 23.0 Å². The van der Waals surface area contributed by atoms with Gasteiger partial charge in [-0.05, 0) is 34.7 Å². The van der Waals surface area contributed by atoms with Crippen molar-refractivity contribution in [2.45, 2.75) is 10.9 Å². The van der Waals surface area contributed by atoms with E-state index in [9.17, 15) is 9.18 Å². The molecule has 0 fully saturated rings. The lowest BCUT2D eigenvalue weighted by Crippen LogP contribution is -2.11. The Balaban J connectivity index is 1.62. The normalized spacial score (nSPS) is 11.2. The minimum absolute atomic E-state index is 0.226. The second kappa shape index (κ2) is 5.98. The first-order valence-corrected chi connectivity index (χ1v) is 8.00. The molecule has 4 aromatic rings. The van der Waals surface area contributed by atoms with Crippen molar-refractivity contribution in [2.24, 2.45) is 0 Å². The van der Waals surface area contributed by atoms with Gasteiger partial charge in [0, 0.05) is 6.07 Å². The van der Waals surface area contributed by atoms with Gasteiger partial charge in [0.15, 0.2) is 11.0 Å². The number of fused-ring (bicyclic) bond motifs is 1. The lowest BCUT2D eigenvalue weighted by Gasteiger charge is -2.04. The minimum atomic E-state index is -0.353. The Morgan fingerprint density at radius 3 is 2.80 bits per heavy atom. The van der Waals surface area contributed by atoms with Crippen LogP contribution in [0.25, 0.3) is 11.5 Å². The fraction of sp³-hybridized carbons (Fsp3) is 0.0769. The van der Waals surface area contributed by atoms with E-state index >= 15 is 0 Å². The Morgan fingerprint density at radius 2 is 2.00 bits per heavy atom. The van der Waals surface area contributed by atoms with Crippen LogP contribution in [-0.4, -0.2) is 39.8 Å². The van der Waals surface area contributed by atoms with Crippen LogP contribution in [0.2, 0.25) is 0 Å². The van der Waals surface area contributed by atoms with Crippen LogP contribution in [0, 0.1) is 5.82 Å². The summed E-state index contributed by atoms with van der Waals surface area (Å²) in [6.07, 6.45) is 0. The maximum atomic E-state index is 13.1. The summed E-state index contributed by atoms with van der Waals surface area (Å²) in [5.74, 6) is 1.04. The molecule has 0 saturated heterocycles. The number of rotatable bonds is 4. The first kappa shape index (κ1) is 15.3. The number of hydrogen-bond acceptors (Lipinski definition) is 8. The zero-order valence-corrected chi connectivity index (χ0v) is 13.3. The number of thioether (sulfide) groups is 1. The molecule has 3 heterocycles. The zero-order valence-electron chi connectivity index (χ0n) is 12.5. The molecule has 0 spiro atoms. The van der Waals surface area contributed by atoms with Crippen molar-refractivity contribution in [1.82, 2.24) is 39.8 Å². The summed E-state index contributed by atoms with van der Waals surface area (Å²) in [5.41, 5.74) is 6.14. The highest BCUT2D eigenvalue weighted by molar-refractivity contribution is 7.98. The number of nitrogens with zero attached hydrogens (tertiary/aromatic N) is 7. The SMILES string of the molecule is Nc1cc(=O)[nH]c2nnc(SCc3nnnn3-c3ccc(F)cc3)n12. The molecule has 0 radical (unpaired) electrons. The Hall–Kier alpha value is -3.28. The summed E-state index contributed by atoms with van der Waals surface area (Å²) in [4.78, 5) is 13.9. The predicted molar refractivity (Wildman–Crippen MR) is 86.7 cm³/mol. The number of anilines is 1. The van der Waals surface area contributed by atoms with Crippen molar-refractivity contribution in [3.05, 3.63) is 52.3 Å². The Bertz CT molecular complexity index is 1100. The van der Waals surface area contributed by atoms with Gasteiger partial charge in [0.2, 0.25) is 5.78 Å². The monoisotopic (exact) mass is 359 g/mol. The lowest BCUT2D eigenvalue weighted by atomic mass is 10.3. The summed E-state index contributed by atoms with van der Waals surface area (Å²) < 4.78 is 16.1. The second-order valence-corrected chi connectivity index (χ2v) is 5.91. The number of halogens is 1. The molecule has 10 nitrogen and oxygen atoms in total. The van der Waals surface area contributed by atoms with Crippen LogP contribution in [0.4, 0.5) is 10.2 Å². The zero-order chi connectivity index (χ0) is 17.4.